The van der Waals surface area contributed by atoms with Gasteiger partial charge in [0.15, 0.2) is 0 Å². The fourth-order valence-electron chi connectivity index (χ4n) is 3.51. The van der Waals surface area contributed by atoms with Crippen LogP contribution in [0.25, 0.3) is 5.69 Å². The van der Waals surface area contributed by atoms with E-state index in [1.807, 2.05) is 24.3 Å². The molecule has 28 heavy (non-hydrogen) atoms. The van der Waals surface area contributed by atoms with E-state index in [1.54, 1.807) is 4.68 Å². The van der Waals surface area contributed by atoms with Crippen LogP contribution in [-0.2, 0) is 0 Å². The summed E-state index contributed by atoms with van der Waals surface area (Å²) in [5, 5.41) is 16.8. The maximum atomic E-state index is 12.1. The molecule has 0 spiro atoms. The minimum absolute atomic E-state index is 0.200. The number of carbonyl (C=O) groups is 1. The van der Waals surface area contributed by atoms with E-state index in [9.17, 15) is 4.79 Å². The summed E-state index contributed by atoms with van der Waals surface area (Å²) < 4.78 is 1.56. The molecule has 1 atom stereocenters. The second-order valence-corrected chi connectivity index (χ2v) is 6.88. The van der Waals surface area contributed by atoms with Crippen LogP contribution in [0.5, 0.6) is 0 Å². The number of hydrogen-bond acceptors (Lipinski definition) is 5. The Hall–Kier alpha value is -3.26. The first kappa shape index (κ1) is 18.1. The number of rotatable bonds is 6. The lowest BCUT2D eigenvalue weighted by Crippen LogP contribution is -2.36. The number of carbonyl (C=O) groups excluding carboxylic acids is 1. The number of hydrogen-bond donors (Lipinski definition) is 2. The molecule has 1 saturated heterocycles. The van der Waals surface area contributed by atoms with Crippen LogP contribution in [0.1, 0.15) is 17.9 Å². The molecule has 0 bridgehead atoms. The minimum atomic E-state index is -0.200. The Bertz CT molecular complexity index is 881. The number of urea groups is 1. The van der Waals surface area contributed by atoms with Crippen LogP contribution >= 0.6 is 0 Å². The number of benzene rings is 2. The van der Waals surface area contributed by atoms with E-state index in [2.05, 4.69) is 61.4 Å². The Kier molecular flexibility index (Phi) is 5.58. The monoisotopic (exact) mass is 377 g/mol. The second-order valence-electron chi connectivity index (χ2n) is 6.88. The van der Waals surface area contributed by atoms with E-state index >= 15 is 0 Å². The Balaban J connectivity index is 1.19. The van der Waals surface area contributed by atoms with E-state index < -0.39 is 0 Å². The quantitative estimate of drug-likeness (QED) is 0.688. The Morgan fingerprint density at radius 1 is 1.11 bits per heavy atom. The number of nitrogens with one attached hydrogen (secondary N) is 2. The highest BCUT2D eigenvalue weighted by Crippen LogP contribution is 2.26. The van der Waals surface area contributed by atoms with Gasteiger partial charge in [-0.15, -0.1) is 5.10 Å². The highest BCUT2D eigenvalue weighted by atomic mass is 16.2. The van der Waals surface area contributed by atoms with Gasteiger partial charge in [-0.2, -0.15) is 0 Å². The number of nitrogens with zero attached hydrogens (tertiary/aromatic N) is 5. The molecule has 0 aliphatic carbocycles. The number of likely N-dealkylation sites (tertiary alicyclic amines) is 1. The maximum absolute atomic E-state index is 12.1. The fourth-order valence-corrected chi connectivity index (χ4v) is 3.51. The van der Waals surface area contributed by atoms with Gasteiger partial charge in [0.25, 0.3) is 0 Å². The first-order chi connectivity index (χ1) is 13.8. The van der Waals surface area contributed by atoms with Gasteiger partial charge in [0.2, 0.25) is 0 Å². The van der Waals surface area contributed by atoms with Crippen molar-refractivity contribution in [2.75, 3.05) is 31.5 Å². The molecule has 2 amide bonds. The highest BCUT2D eigenvalue weighted by molar-refractivity contribution is 5.89. The van der Waals surface area contributed by atoms with Gasteiger partial charge in [-0.1, -0.05) is 30.3 Å². The van der Waals surface area contributed by atoms with Crippen LogP contribution in [0.2, 0.25) is 0 Å². The number of tetrazole rings is 1. The van der Waals surface area contributed by atoms with E-state index in [0.29, 0.717) is 12.5 Å². The van der Waals surface area contributed by atoms with Crippen LogP contribution in [0, 0.1) is 0 Å². The molecule has 8 heteroatoms. The largest absolute Gasteiger partial charge is 0.337 e. The van der Waals surface area contributed by atoms with Crippen molar-refractivity contribution in [2.45, 2.75) is 12.3 Å². The molecule has 1 aliphatic heterocycles. The van der Waals surface area contributed by atoms with Crippen molar-refractivity contribution in [3.05, 3.63) is 66.5 Å². The van der Waals surface area contributed by atoms with Crippen LogP contribution in [0.3, 0.4) is 0 Å². The third-order valence-corrected chi connectivity index (χ3v) is 5.00. The molecular weight excluding hydrogens is 354 g/mol. The molecule has 8 nitrogen and oxygen atoms in total. The standard InChI is InChI=1S/C20H23N7O/c28-20(23-18-6-8-19(9-7-18)27-15-22-24-25-27)21-11-13-26-12-10-17(14-26)16-4-2-1-3-5-16/h1-9,15,17H,10-14H2,(H2,21,23,28). The highest BCUT2D eigenvalue weighted by Gasteiger charge is 2.23. The summed E-state index contributed by atoms with van der Waals surface area (Å²) >= 11 is 0. The molecule has 1 aliphatic rings. The molecular formula is C20H23N7O. The summed E-state index contributed by atoms with van der Waals surface area (Å²) in [6, 6.07) is 17.8. The summed E-state index contributed by atoms with van der Waals surface area (Å²) in [7, 11) is 0. The third-order valence-electron chi connectivity index (χ3n) is 5.00. The summed E-state index contributed by atoms with van der Waals surface area (Å²) in [6.45, 7) is 3.60. The molecule has 144 valence electrons. The van der Waals surface area contributed by atoms with E-state index in [0.717, 1.165) is 31.0 Å². The normalized spacial score (nSPS) is 16.8. The first-order valence-corrected chi connectivity index (χ1v) is 9.43. The molecule has 1 fully saturated rings. The van der Waals surface area contributed by atoms with Gasteiger partial charge in [-0.3, -0.25) is 0 Å². The van der Waals surface area contributed by atoms with E-state index in [-0.39, 0.29) is 6.03 Å². The molecule has 2 aromatic carbocycles. The van der Waals surface area contributed by atoms with Crippen molar-refractivity contribution in [1.82, 2.24) is 30.4 Å². The van der Waals surface area contributed by atoms with Crippen molar-refractivity contribution in [2.24, 2.45) is 0 Å². The second kappa shape index (κ2) is 8.62. The Morgan fingerprint density at radius 3 is 2.68 bits per heavy atom. The van der Waals surface area contributed by atoms with Crippen LogP contribution < -0.4 is 10.6 Å². The van der Waals surface area contributed by atoms with E-state index in [4.69, 9.17) is 0 Å². The molecule has 1 aromatic heterocycles. The van der Waals surface area contributed by atoms with Crippen molar-refractivity contribution in [1.29, 1.82) is 0 Å². The SMILES string of the molecule is O=C(NCCN1CCC(c2ccccc2)C1)Nc1ccc(-n2cnnn2)cc1. The van der Waals surface area contributed by atoms with Gasteiger partial charge in [-0.25, -0.2) is 9.48 Å². The van der Waals surface area contributed by atoms with Crippen LogP contribution in [0.15, 0.2) is 60.9 Å². The van der Waals surface area contributed by atoms with Crippen LogP contribution in [-0.4, -0.2) is 57.3 Å². The minimum Gasteiger partial charge on any atom is -0.337 e. The van der Waals surface area contributed by atoms with Crippen molar-refractivity contribution >= 4 is 11.7 Å². The molecule has 0 radical (unpaired) electrons. The van der Waals surface area contributed by atoms with Crippen molar-refractivity contribution < 1.29 is 4.79 Å². The third kappa shape index (κ3) is 4.52. The smallest absolute Gasteiger partial charge is 0.319 e. The summed E-state index contributed by atoms with van der Waals surface area (Å²) in [6.07, 6.45) is 2.69. The molecule has 4 rings (SSSR count). The zero-order chi connectivity index (χ0) is 19.2. The number of amides is 2. The molecule has 2 N–H and O–H groups in total. The van der Waals surface area contributed by atoms with Gasteiger partial charge < -0.3 is 15.5 Å². The summed E-state index contributed by atoms with van der Waals surface area (Å²) in [4.78, 5) is 14.5. The first-order valence-electron chi connectivity index (χ1n) is 9.43. The topological polar surface area (TPSA) is 88.0 Å². The van der Waals surface area contributed by atoms with Gasteiger partial charge >= 0.3 is 6.03 Å². The zero-order valence-corrected chi connectivity index (χ0v) is 15.5. The maximum Gasteiger partial charge on any atom is 0.319 e. The molecule has 0 saturated carbocycles. The zero-order valence-electron chi connectivity index (χ0n) is 15.5. The molecule has 3 aromatic rings. The fraction of sp³-hybridized carbons (Fsp3) is 0.300. The average Bonchev–Trinajstić information content (AvgIpc) is 3.42. The molecule has 2 heterocycles. The lowest BCUT2D eigenvalue weighted by molar-refractivity contribution is 0.249. The van der Waals surface area contributed by atoms with Gasteiger partial charge in [-0.05, 0) is 59.1 Å². The van der Waals surface area contributed by atoms with E-state index in [1.165, 1.54) is 18.3 Å². The lowest BCUT2D eigenvalue weighted by atomic mass is 9.99. The lowest BCUT2D eigenvalue weighted by Gasteiger charge is -2.16. The Morgan fingerprint density at radius 2 is 1.93 bits per heavy atom. The van der Waals surface area contributed by atoms with Crippen molar-refractivity contribution in [3.8, 4) is 5.69 Å². The number of aromatic nitrogens is 4. The van der Waals surface area contributed by atoms with Gasteiger partial charge in [0, 0.05) is 25.3 Å². The predicted molar refractivity (Wildman–Crippen MR) is 106 cm³/mol. The van der Waals surface area contributed by atoms with Gasteiger partial charge in [0.05, 0.1) is 5.69 Å². The van der Waals surface area contributed by atoms with Crippen LogP contribution in [0.4, 0.5) is 10.5 Å². The predicted octanol–water partition coefficient (Wildman–Crippen LogP) is 2.27. The summed E-state index contributed by atoms with van der Waals surface area (Å²) in [5.41, 5.74) is 2.96. The average molecular weight is 377 g/mol. The van der Waals surface area contributed by atoms with Gasteiger partial charge in [0.1, 0.15) is 6.33 Å². The number of anilines is 1. The summed E-state index contributed by atoms with van der Waals surface area (Å²) in [5.74, 6) is 0.591. The molecule has 1 unspecified atom stereocenters. The Labute approximate surface area is 163 Å². The van der Waals surface area contributed by atoms with Crippen molar-refractivity contribution in [3.63, 3.8) is 0 Å².